The van der Waals surface area contributed by atoms with Crippen LogP contribution < -0.4 is 9.80 Å². The summed E-state index contributed by atoms with van der Waals surface area (Å²) in [6.45, 7) is 27.5. The predicted molar refractivity (Wildman–Crippen MR) is 294 cm³/mol. The van der Waals surface area contributed by atoms with Gasteiger partial charge in [-0.25, -0.2) is 0 Å². The first-order chi connectivity index (χ1) is 32.9. The van der Waals surface area contributed by atoms with E-state index in [0.29, 0.717) is 0 Å². The van der Waals surface area contributed by atoms with Crippen LogP contribution in [0.5, 0.6) is 0 Å². The second kappa shape index (κ2) is 16.2. The van der Waals surface area contributed by atoms with E-state index in [-0.39, 0.29) is 10.8 Å². The van der Waals surface area contributed by atoms with Crippen LogP contribution in [-0.4, -0.2) is 0 Å². The maximum atomic E-state index is 2.57. The van der Waals surface area contributed by atoms with Crippen LogP contribution in [0.1, 0.15) is 131 Å². The van der Waals surface area contributed by atoms with Crippen LogP contribution in [0.25, 0.3) is 11.1 Å². The Balaban J connectivity index is 1.21. The van der Waals surface area contributed by atoms with Crippen molar-refractivity contribution in [3.63, 3.8) is 0 Å². The monoisotopic (exact) mass is 901 g/mol. The molecular formula is C67H68N2. The molecule has 0 atom stereocenters. The number of hydrogen-bond donors (Lipinski definition) is 0. The van der Waals surface area contributed by atoms with Crippen molar-refractivity contribution in [3.05, 3.63) is 235 Å². The molecule has 0 saturated heterocycles. The highest BCUT2D eigenvalue weighted by molar-refractivity contribution is 5.93. The van der Waals surface area contributed by atoms with E-state index in [1.807, 2.05) is 0 Å². The Kier molecular flexibility index (Phi) is 10.5. The van der Waals surface area contributed by atoms with Gasteiger partial charge >= 0.3 is 0 Å². The van der Waals surface area contributed by atoms with Gasteiger partial charge in [0.15, 0.2) is 0 Å². The van der Waals surface area contributed by atoms with E-state index >= 15 is 0 Å². The minimum absolute atomic E-state index is 0.0385. The molecule has 0 spiro atoms. The van der Waals surface area contributed by atoms with Crippen molar-refractivity contribution in [1.82, 2.24) is 0 Å². The number of nitrogens with zero attached hydrogens (tertiary/aromatic N) is 2. The molecule has 8 aromatic rings. The second-order valence-electron chi connectivity index (χ2n) is 22.9. The van der Waals surface area contributed by atoms with Crippen LogP contribution >= 0.6 is 0 Å². The lowest BCUT2D eigenvalue weighted by molar-refractivity contribution is 0.589. The normalized spacial score (nSPS) is 14.3. The van der Waals surface area contributed by atoms with Crippen LogP contribution in [0.15, 0.2) is 146 Å². The van der Waals surface area contributed by atoms with Crippen molar-refractivity contribution in [2.45, 2.75) is 125 Å². The fraction of sp³-hybridized carbons (Fsp3) is 0.284. The molecule has 8 aromatic carbocycles. The zero-order valence-electron chi connectivity index (χ0n) is 43.1. The van der Waals surface area contributed by atoms with Gasteiger partial charge in [-0.1, -0.05) is 150 Å². The van der Waals surface area contributed by atoms with Gasteiger partial charge in [0.25, 0.3) is 0 Å². The van der Waals surface area contributed by atoms with Crippen LogP contribution in [0, 0.1) is 41.5 Å². The van der Waals surface area contributed by atoms with E-state index in [1.54, 1.807) is 0 Å². The van der Waals surface area contributed by atoms with Gasteiger partial charge in [-0.15, -0.1) is 0 Å². The van der Waals surface area contributed by atoms with E-state index in [9.17, 15) is 0 Å². The third kappa shape index (κ3) is 7.36. The average Bonchev–Trinajstić information content (AvgIpc) is 3.56. The second-order valence-corrected chi connectivity index (χ2v) is 22.9. The number of fused-ring (bicyclic) bond motifs is 5. The lowest BCUT2D eigenvalue weighted by atomic mass is 9.65. The van der Waals surface area contributed by atoms with Gasteiger partial charge in [0.1, 0.15) is 0 Å². The molecule has 0 amide bonds. The summed E-state index contributed by atoms with van der Waals surface area (Å²) in [6, 6.07) is 57.7. The van der Waals surface area contributed by atoms with E-state index < -0.39 is 5.41 Å². The lowest BCUT2D eigenvalue weighted by Crippen LogP contribution is -2.31. The molecule has 0 heterocycles. The third-order valence-electron chi connectivity index (χ3n) is 16.0. The van der Waals surface area contributed by atoms with Crippen molar-refractivity contribution in [2.75, 3.05) is 9.80 Å². The van der Waals surface area contributed by atoms with Gasteiger partial charge in [-0.3, -0.25) is 0 Å². The molecule has 0 aliphatic heterocycles. The highest BCUT2D eigenvalue weighted by Gasteiger charge is 2.48. The Hall–Kier alpha value is -6.64. The topological polar surface area (TPSA) is 6.48 Å². The highest BCUT2D eigenvalue weighted by atomic mass is 15.2. The van der Waals surface area contributed by atoms with Crippen molar-refractivity contribution >= 4 is 34.1 Å². The maximum absolute atomic E-state index is 2.57. The molecule has 0 fully saturated rings. The third-order valence-corrected chi connectivity index (χ3v) is 16.0. The summed E-state index contributed by atoms with van der Waals surface area (Å²) in [5.74, 6) is 0. The SMILES string of the molecule is Cc1ccc(N(c2ccc3c(c2)C(c2ccc4c(c2)CC4)(c2ccc4c(c2)CC4)c2cc(N(c4ccc(C)cc4)c4c(C)cc(C(C)(C)C)cc4C)ccc2-3)c2c(C)cc(C(C)(C)C)cc2C)cc1. The smallest absolute Gasteiger partial charge is 0.0715 e. The summed E-state index contributed by atoms with van der Waals surface area (Å²) in [7, 11) is 0. The van der Waals surface area contributed by atoms with Gasteiger partial charge in [0.2, 0.25) is 0 Å². The molecule has 3 aliphatic carbocycles. The minimum atomic E-state index is -0.593. The summed E-state index contributed by atoms with van der Waals surface area (Å²) in [5.41, 5.74) is 30.9. The van der Waals surface area contributed by atoms with Crippen molar-refractivity contribution in [1.29, 1.82) is 0 Å². The largest absolute Gasteiger partial charge is 0.310 e. The molecule has 0 radical (unpaired) electrons. The summed E-state index contributed by atoms with van der Waals surface area (Å²) in [4.78, 5) is 5.08. The Morgan fingerprint density at radius 2 is 0.681 bits per heavy atom. The Bertz CT molecular complexity index is 3080. The van der Waals surface area contributed by atoms with Crippen LogP contribution in [-0.2, 0) is 41.9 Å². The fourth-order valence-electron chi connectivity index (χ4n) is 11.9. The molecule has 0 aromatic heterocycles. The van der Waals surface area contributed by atoms with Gasteiger partial charge in [0.05, 0.1) is 16.8 Å². The van der Waals surface area contributed by atoms with Crippen LogP contribution in [0.2, 0.25) is 0 Å². The number of hydrogen-bond acceptors (Lipinski definition) is 2. The minimum Gasteiger partial charge on any atom is -0.310 e. The van der Waals surface area contributed by atoms with Gasteiger partial charge in [0, 0.05) is 22.7 Å². The number of rotatable bonds is 8. The van der Waals surface area contributed by atoms with Gasteiger partial charge in [-0.05, 0) is 216 Å². The van der Waals surface area contributed by atoms with Gasteiger partial charge in [-0.2, -0.15) is 0 Å². The van der Waals surface area contributed by atoms with Crippen LogP contribution in [0.4, 0.5) is 34.1 Å². The first-order valence-electron chi connectivity index (χ1n) is 25.4. The average molecular weight is 901 g/mol. The Morgan fingerprint density at radius 3 is 0.986 bits per heavy atom. The number of anilines is 6. The van der Waals surface area contributed by atoms with Gasteiger partial charge < -0.3 is 9.80 Å². The van der Waals surface area contributed by atoms with Crippen molar-refractivity contribution in [2.24, 2.45) is 0 Å². The van der Waals surface area contributed by atoms with Crippen molar-refractivity contribution in [3.8, 4) is 11.1 Å². The highest BCUT2D eigenvalue weighted by Crippen LogP contribution is 2.60. The Morgan fingerprint density at radius 1 is 0.348 bits per heavy atom. The molecule has 0 bridgehead atoms. The summed E-state index contributed by atoms with van der Waals surface area (Å²) < 4.78 is 0. The molecule has 2 heteroatoms. The van der Waals surface area contributed by atoms with Crippen molar-refractivity contribution < 1.29 is 0 Å². The molecule has 69 heavy (non-hydrogen) atoms. The first kappa shape index (κ1) is 44.8. The molecule has 2 nitrogen and oxygen atoms in total. The standard InChI is InChI=1S/C67H68N2/c1-41-13-25-55(26-14-41)68(63-43(3)33-53(34-44(63)4)65(7,8)9)57-29-31-59-60-32-30-58(69(56-27-15-42(2)16-28-56)64-45(5)35-54(36-46(64)6)66(10,11)12)40-62(60)67(61(59)39-57,51-23-21-47-17-19-49(47)37-51)52-24-22-48-18-20-50(48)38-52/h13-16,21-40H,17-20H2,1-12H3. The quantitative estimate of drug-likeness (QED) is 0.150. The van der Waals surface area contributed by atoms with E-state index in [4.69, 9.17) is 0 Å². The molecular weight excluding hydrogens is 833 g/mol. The predicted octanol–water partition coefficient (Wildman–Crippen LogP) is 17.6. The molecule has 0 unspecified atom stereocenters. The maximum Gasteiger partial charge on any atom is 0.0715 e. The zero-order valence-corrected chi connectivity index (χ0v) is 43.1. The fourth-order valence-corrected chi connectivity index (χ4v) is 11.9. The summed E-state index contributed by atoms with van der Waals surface area (Å²) >= 11 is 0. The Labute approximate surface area is 412 Å². The van der Waals surface area contributed by atoms with Crippen LogP contribution in [0.3, 0.4) is 0 Å². The summed E-state index contributed by atoms with van der Waals surface area (Å²) in [5, 5.41) is 0. The molecule has 346 valence electrons. The van der Waals surface area contributed by atoms with E-state index in [0.717, 1.165) is 37.1 Å². The molecule has 0 N–H and O–H groups in total. The van der Waals surface area contributed by atoms with E-state index in [1.165, 1.54) is 123 Å². The lowest BCUT2D eigenvalue weighted by Gasteiger charge is -2.38. The number of benzene rings is 8. The van der Waals surface area contributed by atoms with E-state index in [2.05, 4.69) is 238 Å². The molecule has 11 rings (SSSR count). The first-order valence-corrected chi connectivity index (χ1v) is 25.4. The molecule has 0 saturated carbocycles. The summed E-state index contributed by atoms with van der Waals surface area (Å²) in [6.07, 6.45) is 4.55. The molecule has 3 aliphatic rings. The number of aryl methyl sites for hydroxylation is 10. The zero-order chi connectivity index (χ0) is 48.3.